The SMILES string of the molecule is CCCOC(=O)[C@H]1CC[C@@]2(CC1)c1cc(OC)c(OC)cc1CCN2CCC.Cl. The van der Waals surface area contributed by atoms with Gasteiger partial charge >= 0.3 is 5.97 Å². The smallest absolute Gasteiger partial charge is 0.308 e. The lowest BCUT2D eigenvalue weighted by atomic mass is 9.68. The van der Waals surface area contributed by atoms with E-state index in [9.17, 15) is 4.79 Å². The van der Waals surface area contributed by atoms with E-state index in [-0.39, 0.29) is 29.8 Å². The maximum absolute atomic E-state index is 12.4. The van der Waals surface area contributed by atoms with Gasteiger partial charge in [0.05, 0.1) is 26.7 Å². The highest BCUT2D eigenvalue weighted by Crippen LogP contribution is 2.50. The lowest BCUT2D eigenvalue weighted by molar-refractivity contribution is -0.151. The van der Waals surface area contributed by atoms with Crippen LogP contribution >= 0.6 is 12.4 Å². The molecule has 0 bridgehead atoms. The molecule has 29 heavy (non-hydrogen) atoms. The lowest BCUT2D eigenvalue weighted by Gasteiger charge is -2.51. The standard InChI is InChI=1S/C23H35NO4.ClH/c1-5-12-24-13-9-18-15-20(26-3)21(27-4)16-19(18)23(24)10-7-17(8-11-23)22(25)28-14-6-2;/h15-17H,5-14H2,1-4H3;1H/t17-,23+;. The van der Waals surface area contributed by atoms with Crippen LogP contribution in [0.15, 0.2) is 12.1 Å². The van der Waals surface area contributed by atoms with Crippen LogP contribution in [0.3, 0.4) is 0 Å². The van der Waals surface area contributed by atoms with Crippen molar-refractivity contribution in [1.82, 2.24) is 4.90 Å². The number of esters is 1. The summed E-state index contributed by atoms with van der Waals surface area (Å²) in [4.78, 5) is 15.0. The number of hydrogen-bond acceptors (Lipinski definition) is 5. The molecular weight excluding hydrogens is 390 g/mol. The first-order valence-corrected chi connectivity index (χ1v) is 10.8. The third-order valence-electron chi connectivity index (χ3n) is 6.46. The Kier molecular flexibility index (Phi) is 8.65. The van der Waals surface area contributed by atoms with Crippen molar-refractivity contribution in [3.05, 3.63) is 23.3 Å². The van der Waals surface area contributed by atoms with Crippen LogP contribution in [0.1, 0.15) is 63.5 Å². The molecule has 0 saturated heterocycles. The van der Waals surface area contributed by atoms with Gasteiger partial charge in [-0.2, -0.15) is 0 Å². The van der Waals surface area contributed by atoms with Gasteiger partial charge in [0, 0.05) is 12.1 Å². The second kappa shape index (κ2) is 10.5. The van der Waals surface area contributed by atoms with Crippen molar-refractivity contribution in [1.29, 1.82) is 0 Å². The molecule has 3 rings (SSSR count). The summed E-state index contributed by atoms with van der Waals surface area (Å²) < 4.78 is 16.6. The average Bonchev–Trinajstić information content (AvgIpc) is 2.73. The van der Waals surface area contributed by atoms with Crippen LogP contribution in [-0.4, -0.2) is 44.8 Å². The number of hydrogen-bond donors (Lipinski definition) is 0. The summed E-state index contributed by atoms with van der Waals surface area (Å²) >= 11 is 0. The number of rotatable bonds is 7. The van der Waals surface area contributed by atoms with E-state index < -0.39 is 0 Å². The Morgan fingerprint density at radius 3 is 2.34 bits per heavy atom. The molecule has 1 spiro atoms. The Morgan fingerprint density at radius 1 is 1.10 bits per heavy atom. The predicted molar refractivity (Wildman–Crippen MR) is 117 cm³/mol. The molecule has 1 heterocycles. The second-order valence-corrected chi connectivity index (χ2v) is 8.07. The van der Waals surface area contributed by atoms with Gasteiger partial charge < -0.3 is 14.2 Å². The normalized spacial score (nSPS) is 23.8. The summed E-state index contributed by atoms with van der Waals surface area (Å²) in [6.45, 7) is 6.94. The topological polar surface area (TPSA) is 48.0 Å². The number of nitrogens with zero attached hydrogens (tertiary/aromatic N) is 1. The quantitative estimate of drug-likeness (QED) is 0.591. The van der Waals surface area contributed by atoms with Crippen molar-refractivity contribution >= 4 is 18.4 Å². The van der Waals surface area contributed by atoms with Gasteiger partial charge in [-0.15, -0.1) is 12.4 Å². The average molecular weight is 426 g/mol. The maximum atomic E-state index is 12.4. The fourth-order valence-electron chi connectivity index (χ4n) is 5.03. The lowest BCUT2D eigenvalue weighted by Crippen LogP contribution is -2.53. The molecule has 0 radical (unpaired) electrons. The summed E-state index contributed by atoms with van der Waals surface area (Å²) in [6, 6.07) is 4.34. The summed E-state index contributed by atoms with van der Waals surface area (Å²) in [5.74, 6) is 1.62. The monoisotopic (exact) mass is 425 g/mol. The third kappa shape index (κ3) is 4.66. The molecule has 2 aliphatic rings. The van der Waals surface area contributed by atoms with Crippen molar-refractivity contribution in [2.75, 3.05) is 33.9 Å². The van der Waals surface area contributed by atoms with Crippen molar-refractivity contribution in [2.45, 2.75) is 64.3 Å². The summed E-state index contributed by atoms with van der Waals surface area (Å²) in [7, 11) is 3.39. The minimum Gasteiger partial charge on any atom is -0.493 e. The number of carbonyl (C=O) groups is 1. The Hall–Kier alpha value is -1.46. The second-order valence-electron chi connectivity index (χ2n) is 8.07. The van der Waals surface area contributed by atoms with E-state index in [2.05, 4.69) is 24.0 Å². The van der Waals surface area contributed by atoms with E-state index in [4.69, 9.17) is 14.2 Å². The van der Waals surface area contributed by atoms with Crippen LogP contribution in [0.25, 0.3) is 0 Å². The van der Waals surface area contributed by atoms with Gasteiger partial charge in [0.15, 0.2) is 11.5 Å². The molecule has 164 valence electrons. The van der Waals surface area contributed by atoms with Crippen LogP contribution in [0.4, 0.5) is 0 Å². The molecule has 1 aliphatic carbocycles. The molecule has 1 aliphatic heterocycles. The fourth-order valence-corrected chi connectivity index (χ4v) is 5.03. The molecular formula is C23H36ClNO4. The molecule has 1 saturated carbocycles. The van der Waals surface area contributed by atoms with Crippen LogP contribution < -0.4 is 9.47 Å². The molecule has 6 heteroatoms. The van der Waals surface area contributed by atoms with E-state index in [1.807, 2.05) is 6.92 Å². The molecule has 1 aromatic rings. The molecule has 5 nitrogen and oxygen atoms in total. The number of ether oxygens (including phenoxy) is 3. The highest BCUT2D eigenvalue weighted by atomic mass is 35.5. The van der Waals surface area contributed by atoms with E-state index in [0.717, 1.165) is 69.5 Å². The van der Waals surface area contributed by atoms with E-state index >= 15 is 0 Å². The first-order valence-electron chi connectivity index (χ1n) is 10.8. The van der Waals surface area contributed by atoms with Gasteiger partial charge in [-0.3, -0.25) is 9.69 Å². The van der Waals surface area contributed by atoms with Gasteiger partial charge in [-0.05, 0) is 74.8 Å². The zero-order valence-electron chi connectivity index (χ0n) is 18.3. The minimum absolute atomic E-state index is 0. The largest absolute Gasteiger partial charge is 0.493 e. The fraction of sp³-hybridized carbons (Fsp3) is 0.696. The Labute approximate surface area is 181 Å². The number of carbonyl (C=O) groups excluding carboxylic acids is 1. The Balaban J connectivity index is 0.00000300. The van der Waals surface area contributed by atoms with E-state index in [1.165, 1.54) is 11.1 Å². The van der Waals surface area contributed by atoms with Crippen molar-refractivity contribution in [2.24, 2.45) is 5.92 Å². The Bertz CT molecular complexity index is 686. The summed E-state index contributed by atoms with van der Waals surface area (Å²) in [5, 5.41) is 0. The van der Waals surface area contributed by atoms with E-state index in [1.54, 1.807) is 14.2 Å². The highest BCUT2D eigenvalue weighted by Gasteiger charge is 2.46. The molecule has 0 N–H and O–H groups in total. The zero-order valence-corrected chi connectivity index (χ0v) is 19.1. The molecule has 1 aromatic carbocycles. The Morgan fingerprint density at radius 2 is 1.76 bits per heavy atom. The molecule has 0 atom stereocenters. The maximum Gasteiger partial charge on any atom is 0.308 e. The van der Waals surface area contributed by atoms with Crippen LogP contribution in [0.2, 0.25) is 0 Å². The number of methoxy groups -OCH3 is 2. The van der Waals surface area contributed by atoms with E-state index in [0.29, 0.717) is 6.61 Å². The van der Waals surface area contributed by atoms with Crippen molar-refractivity contribution in [3.8, 4) is 11.5 Å². The summed E-state index contributed by atoms with van der Waals surface area (Å²) in [6.07, 6.45) is 6.78. The first kappa shape index (κ1) is 23.8. The van der Waals surface area contributed by atoms with Gasteiger partial charge in [0.2, 0.25) is 0 Å². The molecule has 0 amide bonds. The zero-order chi connectivity index (χ0) is 20.1. The van der Waals surface area contributed by atoms with Gasteiger partial charge in [-0.25, -0.2) is 0 Å². The number of halogens is 1. The molecule has 0 unspecified atom stereocenters. The van der Waals surface area contributed by atoms with Crippen molar-refractivity contribution in [3.63, 3.8) is 0 Å². The highest BCUT2D eigenvalue weighted by molar-refractivity contribution is 5.85. The number of fused-ring (bicyclic) bond motifs is 2. The minimum atomic E-state index is -0.0120. The first-order chi connectivity index (χ1) is 13.6. The van der Waals surface area contributed by atoms with Gasteiger partial charge in [-0.1, -0.05) is 13.8 Å². The predicted octanol–water partition coefficient (Wildman–Crippen LogP) is 4.73. The van der Waals surface area contributed by atoms with Crippen LogP contribution in [-0.2, 0) is 21.5 Å². The van der Waals surface area contributed by atoms with Crippen LogP contribution in [0, 0.1) is 5.92 Å². The molecule has 1 fully saturated rings. The summed E-state index contributed by atoms with van der Waals surface area (Å²) in [5.41, 5.74) is 2.72. The third-order valence-corrected chi connectivity index (χ3v) is 6.46. The van der Waals surface area contributed by atoms with Gasteiger partial charge in [0.1, 0.15) is 0 Å². The van der Waals surface area contributed by atoms with Gasteiger partial charge in [0.25, 0.3) is 0 Å². The van der Waals surface area contributed by atoms with Crippen molar-refractivity contribution < 1.29 is 19.0 Å². The number of benzene rings is 1. The molecule has 0 aromatic heterocycles. The van der Waals surface area contributed by atoms with Crippen LogP contribution in [0.5, 0.6) is 11.5 Å².